The molecule has 2 fully saturated rings. The Labute approximate surface area is 185 Å². The Bertz CT molecular complexity index is 1050. The Balaban J connectivity index is 1.60. The Morgan fingerprint density at radius 2 is 2.12 bits per heavy atom. The van der Waals surface area contributed by atoms with Crippen molar-refractivity contribution in [3.8, 4) is 0 Å². The first-order valence-electron chi connectivity index (χ1n) is 10.5. The van der Waals surface area contributed by atoms with Gasteiger partial charge in [0.2, 0.25) is 6.61 Å². The molecule has 2 aliphatic rings. The molecule has 4 heterocycles. The second-order valence-corrected chi connectivity index (χ2v) is 8.58. The second-order valence-electron chi connectivity index (χ2n) is 8.58. The topological polar surface area (TPSA) is 124 Å². The fraction of sp³-hybridized carbons (Fsp3) is 0.619. The largest absolute Gasteiger partial charge is 0.508 e. The van der Waals surface area contributed by atoms with Crippen molar-refractivity contribution < 1.29 is 28.5 Å². The molecule has 4 rings (SSSR count). The zero-order chi connectivity index (χ0) is 23.1. The van der Waals surface area contributed by atoms with Crippen molar-refractivity contribution in [2.75, 3.05) is 18.9 Å². The molecule has 2 aliphatic heterocycles. The van der Waals surface area contributed by atoms with Gasteiger partial charge in [0.25, 0.3) is 0 Å². The van der Waals surface area contributed by atoms with Gasteiger partial charge in [-0.25, -0.2) is 20.9 Å². The molecule has 11 nitrogen and oxygen atoms in total. The van der Waals surface area contributed by atoms with E-state index in [1.807, 2.05) is 13.8 Å². The number of hydrogen-bond acceptors (Lipinski definition) is 9. The van der Waals surface area contributed by atoms with Crippen LogP contribution in [0.3, 0.4) is 0 Å². The molecule has 32 heavy (non-hydrogen) atoms. The minimum atomic E-state index is -1.61. The van der Waals surface area contributed by atoms with Crippen molar-refractivity contribution in [3.63, 3.8) is 0 Å². The van der Waals surface area contributed by atoms with Gasteiger partial charge in [-0.2, -0.15) is 5.10 Å². The highest BCUT2D eigenvalue weighted by Crippen LogP contribution is 2.50. The fourth-order valence-electron chi connectivity index (χ4n) is 3.90. The van der Waals surface area contributed by atoms with Crippen LogP contribution < -0.4 is 5.73 Å². The number of rotatable bonds is 6. The molecule has 11 heteroatoms. The molecule has 0 spiro atoms. The van der Waals surface area contributed by atoms with Gasteiger partial charge in [-0.3, -0.25) is 9.58 Å². The lowest BCUT2D eigenvalue weighted by Gasteiger charge is -2.25. The van der Waals surface area contributed by atoms with E-state index in [0.29, 0.717) is 17.0 Å². The Morgan fingerprint density at radius 1 is 1.34 bits per heavy atom. The highest BCUT2D eigenvalue weighted by atomic mass is 16.8. The van der Waals surface area contributed by atoms with Crippen LogP contribution >= 0.6 is 0 Å². The average Bonchev–Trinajstić information content (AvgIpc) is 3.41. The summed E-state index contributed by atoms with van der Waals surface area (Å²) in [5, 5.41) is 4.26. The van der Waals surface area contributed by atoms with Crippen LogP contribution in [0.5, 0.6) is 0 Å². The SMILES string of the molecule is [C-]#[N+][C@]1(COC(=O)OC[C@@H](C)CC)O[C@@H](c2ccc3c(N)ncnn23)[C@@H]2OC(C)(C)O[C@@H]21. The molecule has 0 amide bonds. The maximum Gasteiger partial charge on any atom is 0.508 e. The highest BCUT2D eigenvalue weighted by Gasteiger charge is 2.69. The first kappa shape index (κ1) is 22.3. The van der Waals surface area contributed by atoms with Gasteiger partial charge in [-0.05, 0) is 31.9 Å². The third-order valence-corrected chi connectivity index (χ3v) is 5.77. The minimum Gasteiger partial charge on any atom is -0.434 e. The molecule has 172 valence electrons. The molecular weight excluding hydrogens is 418 g/mol. The summed E-state index contributed by atoms with van der Waals surface area (Å²) in [5.41, 5.74) is 5.56. The summed E-state index contributed by atoms with van der Waals surface area (Å²) >= 11 is 0. The molecule has 0 saturated carbocycles. The number of nitrogen functional groups attached to an aromatic ring is 1. The van der Waals surface area contributed by atoms with Crippen molar-refractivity contribution in [1.29, 1.82) is 0 Å². The lowest BCUT2D eigenvalue weighted by molar-refractivity contribution is -0.208. The summed E-state index contributed by atoms with van der Waals surface area (Å²) in [6.45, 7) is 15.2. The molecule has 0 aromatic carbocycles. The standard InChI is InChI=1S/C21H27N5O6/c1-6-12(2)9-28-19(27)29-10-21(23-5)17-16(30-20(3,4)32-17)15(31-21)13-7-8-14-18(22)24-11-25-26(13)14/h7-8,11-12,15-17H,6,9-10H2,1-4H3,(H2,22,24,25)/t12-,15-,16-,17-,21+/m0/s1. The summed E-state index contributed by atoms with van der Waals surface area (Å²) < 4.78 is 30.3. The van der Waals surface area contributed by atoms with E-state index in [4.69, 9.17) is 36.0 Å². The first-order chi connectivity index (χ1) is 15.2. The summed E-state index contributed by atoms with van der Waals surface area (Å²) in [4.78, 5) is 19.8. The van der Waals surface area contributed by atoms with Gasteiger partial charge < -0.3 is 24.7 Å². The number of hydrogen-bond donors (Lipinski definition) is 1. The summed E-state index contributed by atoms with van der Waals surface area (Å²) in [6, 6.07) is 3.56. The maximum atomic E-state index is 12.1. The van der Waals surface area contributed by atoms with Crippen molar-refractivity contribution in [3.05, 3.63) is 35.6 Å². The van der Waals surface area contributed by atoms with Gasteiger partial charge in [0.1, 0.15) is 24.1 Å². The van der Waals surface area contributed by atoms with Crippen LogP contribution in [-0.4, -0.2) is 57.7 Å². The first-order valence-corrected chi connectivity index (χ1v) is 10.5. The summed E-state index contributed by atoms with van der Waals surface area (Å²) in [5.74, 6) is -0.433. The van der Waals surface area contributed by atoms with Crippen LogP contribution in [-0.2, 0) is 23.7 Å². The maximum absolute atomic E-state index is 12.1. The molecule has 2 aromatic heterocycles. The molecule has 2 N–H and O–H groups in total. The fourth-order valence-corrected chi connectivity index (χ4v) is 3.90. The number of ether oxygens (including phenoxy) is 5. The predicted molar refractivity (Wildman–Crippen MR) is 111 cm³/mol. The Hall–Kier alpha value is -2.94. The predicted octanol–water partition coefficient (Wildman–Crippen LogP) is 2.72. The van der Waals surface area contributed by atoms with Crippen LogP contribution in [0.2, 0.25) is 0 Å². The molecule has 0 bridgehead atoms. The number of anilines is 1. The van der Waals surface area contributed by atoms with Crippen molar-refractivity contribution >= 4 is 17.5 Å². The lowest BCUT2D eigenvalue weighted by Crippen LogP contribution is -2.45. The molecule has 2 saturated heterocycles. The van der Waals surface area contributed by atoms with Crippen LogP contribution in [0.15, 0.2) is 18.5 Å². The van der Waals surface area contributed by atoms with Crippen molar-refractivity contribution in [1.82, 2.24) is 14.6 Å². The van der Waals surface area contributed by atoms with Crippen LogP contribution in [0.1, 0.15) is 45.9 Å². The Kier molecular flexibility index (Phi) is 5.70. The van der Waals surface area contributed by atoms with Gasteiger partial charge in [0, 0.05) is 0 Å². The van der Waals surface area contributed by atoms with Crippen LogP contribution in [0.4, 0.5) is 10.6 Å². The number of carbonyl (C=O) groups excluding carboxylic acids is 1. The molecule has 5 atom stereocenters. The molecule has 2 aromatic rings. The summed E-state index contributed by atoms with van der Waals surface area (Å²) in [7, 11) is 0. The Morgan fingerprint density at radius 3 is 2.84 bits per heavy atom. The third-order valence-electron chi connectivity index (χ3n) is 5.77. The smallest absolute Gasteiger partial charge is 0.434 e. The second kappa shape index (κ2) is 8.20. The van der Waals surface area contributed by atoms with Crippen molar-refractivity contribution in [2.45, 2.75) is 63.9 Å². The zero-order valence-electron chi connectivity index (χ0n) is 18.5. The van der Waals surface area contributed by atoms with Gasteiger partial charge >= 0.3 is 11.9 Å². The van der Waals surface area contributed by atoms with Gasteiger partial charge in [0.15, 0.2) is 17.7 Å². The van der Waals surface area contributed by atoms with E-state index in [0.717, 1.165) is 6.42 Å². The highest BCUT2D eigenvalue weighted by molar-refractivity contribution is 5.65. The van der Waals surface area contributed by atoms with E-state index in [1.54, 1.807) is 30.5 Å². The van der Waals surface area contributed by atoms with E-state index < -0.39 is 36.0 Å². The molecular formula is C21H27N5O6. The normalized spacial score (nSPS) is 29.4. The van der Waals surface area contributed by atoms with E-state index in [9.17, 15) is 4.79 Å². The number of carbonyl (C=O) groups is 1. The van der Waals surface area contributed by atoms with Gasteiger partial charge in [-0.1, -0.05) is 20.3 Å². The minimum absolute atomic E-state index is 0.207. The van der Waals surface area contributed by atoms with Crippen LogP contribution in [0.25, 0.3) is 10.4 Å². The van der Waals surface area contributed by atoms with Crippen molar-refractivity contribution in [2.24, 2.45) is 5.92 Å². The van der Waals surface area contributed by atoms with E-state index in [-0.39, 0.29) is 19.1 Å². The third kappa shape index (κ3) is 3.85. The molecule has 0 aliphatic carbocycles. The van der Waals surface area contributed by atoms with E-state index >= 15 is 0 Å². The lowest BCUT2D eigenvalue weighted by atomic mass is 10.0. The van der Waals surface area contributed by atoms with Gasteiger partial charge in [0.05, 0.1) is 12.3 Å². The number of nitrogens with two attached hydrogens (primary N) is 1. The van der Waals surface area contributed by atoms with E-state index in [2.05, 4.69) is 14.9 Å². The number of fused-ring (bicyclic) bond motifs is 2. The van der Waals surface area contributed by atoms with Crippen LogP contribution in [0, 0.1) is 12.5 Å². The number of aromatic nitrogens is 3. The monoisotopic (exact) mass is 445 g/mol. The molecule has 0 radical (unpaired) electrons. The van der Waals surface area contributed by atoms with Gasteiger partial charge in [-0.15, -0.1) is 0 Å². The van der Waals surface area contributed by atoms with E-state index in [1.165, 1.54) is 6.33 Å². The average molecular weight is 445 g/mol. The molecule has 0 unspecified atom stereocenters. The number of nitrogens with zero attached hydrogens (tertiary/aromatic N) is 4. The zero-order valence-corrected chi connectivity index (χ0v) is 18.5. The quantitative estimate of drug-likeness (QED) is 0.528. The summed E-state index contributed by atoms with van der Waals surface area (Å²) in [6.07, 6.45) is -0.795.